The summed E-state index contributed by atoms with van der Waals surface area (Å²) < 4.78 is 12.0. The van der Waals surface area contributed by atoms with Crippen molar-refractivity contribution in [1.82, 2.24) is 5.32 Å². The number of carbonyl (C=O) groups is 2. The summed E-state index contributed by atoms with van der Waals surface area (Å²) in [5.74, 6) is -0.0717. The van der Waals surface area contributed by atoms with Gasteiger partial charge in [-0.15, -0.1) is 0 Å². The van der Waals surface area contributed by atoms with E-state index >= 15 is 0 Å². The molecule has 37 heavy (non-hydrogen) atoms. The van der Waals surface area contributed by atoms with E-state index in [1.54, 1.807) is 12.1 Å². The first-order chi connectivity index (χ1) is 17.8. The van der Waals surface area contributed by atoms with Crippen LogP contribution in [0.5, 0.6) is 11.5 Å². The topological polar surface area (TPSA) is 100 Å². The number of rotatable bonds is 10. The van der Waals surface area contributed by atoms with Crippen LogP contribution in [0.25, 0.3) is 6.08 Å². The number of aryl methyl sites for hydroxylation is 2. The van der Waals surface area contributed by atoms with Crippen molar-refractivity contribution in [1.29, 1.82) is 5.26 Å². The number of benzene rings is 3. The zero-order valence-corrected chi connectivity index (χ0v) is 22.5. The van der Waals surface area contributed by atoms with Crippen LogP contribution in [0.3, 0.4) is 0 Å². The minimum absolute atomic E-state index is 0.0493. The molecule has 0 atom stereocenters. The van der Waals surface area contributed by atoms with Crippen molar-refractivity contribution < 1.29 is 19.1 Å². The number of amides is 2. The highest BCUT2D eigenvalue weighted by Gasteiger charge is 2.16. The predicted molar refractivity (Wildman–Crippen MR) is 147 cm³/mol. The summed E-state index contributed by atoms with van der Waals surface area (Å²) in [6, 6.07) is 20.4. The van der Waals surface area contributed by atoms with Crippen molar-refractivity contribution in [3.8, 4) is 17.6 Å². The van der Waals surface area contributed by atoms with E-state index in [9.17, 15) is 14.9 Å². The highest BCUT2D eigenvalue weighted by atomic mass is 79.9. The van der Waals surface area contributed by atoms with E-state index in [0.717, 1.165) is 16.7 Å². The highest BCUT2D eigenvalue weighted by molar-refractivity contribution is 9.10. The second-order valence-electron chi connectivity index (χ2n) is 8.24. The molecule has 0 aromatic heterocycles. The van der Waals surface area contributed by atoms with Crippen molar-refractivity contribution >= 4 is 39.5 Å². The molecule has 0 aliphatic heterocycles. The standard InChI is InChI=1S/C29H28BrN3O4/c1-4-36-26-15-22(13-23(16-31)29(35)32-17-21-8-6-5-7-9-21)14-25(30)28(26)37-18-27(34)33-24-11-10-19(2)20(3)12-24/h5-15H,4,17-18H2,1-3H3,(H,32,35)(H,33,34)/b23-13+. The molecular weight excluding hydrogens is 534 g/mol. The highest BCUT2D eigenvalue weighted by Crippen LogP contribution is 2.37. The largest absolute Gasteiger partial charge is 0.490 e. The third-order valence-corrected chi connectivity index (χ3v) is 6.03. The molecule has 2 amide bonds. The van der Waals surface area contributed by atoms with Crippen LogP contribution < -0.4 is 20.1 Å². The Hall–Kier alpha value is -4.09. The van der Waals surface area contributed by atoms with Gasteiger partial charge in [0, 0.05) is 12.2 Å². The summed E-state index contributed by atoms with van der Waals surface area (Å²) in [4.78, 5) is 25.0. The van der Waals surface area contributed by atoms with Gasteiger partial charge in [-0.2, -0.15) is 5.26 Å². The van der Waals surface area contributed by atoms with Gasteiger partial charge in [0.15, 0.2) is 18.1 Å². The number of anilines is 1. The SMILES string of the molecule is CCOc1cc(/C=C(\C#N)C(=O)NCc2ccccc2)cc(Br)c1OCC(=O)Nc1ccc(C)c(C)c1. The molecule has 2 N–H and O–H groups in total. The Kier molecular flexibility index (Phi) is 9.87. The van der Waals surface area contributed by atoms with Crippen molar-refractivity contribution in [2.24, 2.45) is 0 Å². The molecule has 0 bridgehead atoms. The third kappa shape index (κ3) is 7.95. The monoisotopic (exact) mass is 561 g/mol. The summed E-state index contributed by atoms with van der Waals surface area (Å²) in [6.45, 7) is 6.24. The zero-order valence-electron chi connectivity index (χ0n) is 20.9. The van der Waals surface area contributed by atoms with Crippen LogP contribution in [-0.2, 0) is 16.1 Å². The quantitative estimate of drug-likeness (QED) is 0.244. The normalized spacial score (nSPS) is 10.8. The summed E-state index contributed by atoms with van der Waals surface area (Å²) in [6.07, 6.45) is 1.48. The number of carbonyl (C=O) groups excluding carboxylic acids is 2. The summed E-state index contributed by atoms with van der Waals surface area (Å²) in [7, 11) is 0. The van der Waals surface area contributed by atoms with Gasteiger partial charge in [-0.25, -0.2) is 0 Å². The lowest BCUT2D eigenvalue weighted by molar-refractivity contribution is -0.118. The fraction of sp³-hybridized carbons (Fsp3) is 0.207. The van der Waals surface area contributed by atoms with Gasteiger partial charge in [-0.05, 0) is 89.3 Å². The summed E-state index contributed by atoms with van der Waals surface area (Å²) in [5, 5.41) is 15.1. The zero-order chi connectivity index (χ0) is 26.8. The minimum atomic E-state index is -0.483. The Balaban J connectivity index is 1.72. The Morgan fingerprint density at radius 1 is 1.03 bits per heavy atom. The Morgan fingerprint density at radius 3 is 2.46 bits per heavy atom. The maximum Gasteiger partial charge on any atom is 0.262 e. The molecule has 0 aliphatic carbocycles. The van der Waals surface area contributed by atoms with Gasteiger partial charge in [-0.3, -0.25) is 9.59 Å². The lowest BCUT2D eigenvalue weighted by Gasteiger charge is -2.15. The molecule has 0 fully saturated rings. The van der Waals surface area contributed by atoms with Crippen molar-refractivity contribution in [2.75, 3.05) is 18.5 Å². The minimum Gasteiger partial charge on any atom is -0.490 e. The Labute approximate surface area is 225 Å². The number of hydrogen-bond acceptors (Lipinski definition) is 5. The maximum absolute atomic E-state index is 12.6. The predicted octanol–water partition coefficient (Wildman–Crippen LogP) is 5.71. The third-order valence-electron chi connectivity index (χ3n) is 5.44. The Morgan fingerprint density at radius 2 is 1.78 bits per heavy atom. The number of nitrogens with one attached hydrogen (secondary N) is 2. The maximum atomic E-state index is 12.6. The van der Waals surface area contributed by atoms with E-state index in [1.807, 2.05) is 75.4 Å². The molecular formula is C29H28BrN3O4. The van der Waals surface area contributed by atoms with Crippen LogP contribution in [0.4, 0.5) is 5.69 Å². The average molecular weight is 562 g/mol. The van der Waals surface area contributed by atoms with E-state index in [1.165, 1.54) is 6.08 Å². The summed E-state index contributed by atoms with van der Waals surface area (Å²) >= 11 is 3.46. The lowest BCUT2D eigenvalue weighted by Crippen LogP contribution is -2.23. The fourth-order valence-corrected chi connectivity index (χ4v) is 3.99. The van der Waals surface area contributed by atoms with Gasteiger partial charge < -0.3 is 20.1 Å². The van der Waals surface area contributed by atoms with E-state index in [2.05, 4.69) is 26.6 Å². The molecule has 3 aromatic rings. The number of halogens is 1. The molecule has 0 saturated heterocycles. The lowest BCUT2D eigenvalue weighted by atomic mass is 10.1. The second kappa shape index (κ2) is 13.3. The van der Waals surface area contributed by atoms with Crippen LogP contribution >= 0.6 is 15.9 Å². The van der Waals surface area contributed by atoms with Gasteiger partial charge in [0.05, 0.1) is 11.1 Å². The molecule has 7 nitrogen and oxygen atoms in total. The van der Waals surface area contributed by atoms with Crippen LogP contribution in [0.15, 0.2) is 70.7 Å². The van der Waals surface area contributed by atoms with Crippen LogP contribution in [-0.4, -0.2) is 25.0 Å². The molecule has 3 rings (SSSR count). The Bertz CT molecular complexity index is 1350. The van der Waals surface area contributed by atoms with Crippen molar-refractivity contribution in [3.05, 3.63) is 93.0 Å². The molecule has 0 radical (unpaired) electrons. The van der Waals surface area contributed by atoms with Gasteiger partial charge in [0.2, 0.25) is 0 Å². The van der Waals surface area contributed by atoms with Crippen LogP contribution in [0.1, 0.15) is 29.2 Å². The first kappa shape index (κ1) is 27.5. The van der Waals surface area contributed by atoms with Crippen LogP contribution in [0, 0.1) is 25.2 Å². The van der Waals surface area contributed by atoms with Gasteiger partial charge in [0.1, 0.15) is 11.6 Å². The molecule has 8 heteroatoms. The smallest absolute Gasteiger partial charge is 0.262 e. The molecule has 0 unspecified atom stereocenters. The van der Waals surface area contributed by atoms with E-state index in [-0.39, 0.29) is 18.1 Å². The van der Waals surface area contributed by atoms with E-state index in [0.29, 0.717) is 40.4 Å². The fourth-order valence-electron chi connectivity index (χ4n) is 3.42. The number of hydrogen-bond donors (Lipinski definition) is 2. The molecule has 0 aliphatic rings. The molecule has 3 aromatic carbocycles. The van der Waals surface area contributed by atoms with Gasteiger partial charge in [0.25, 0.3) is 11.8 Å². The van der Waals surface area contributed by atoms with E-state index in [4.69, 9.17) is 9.47 Å². The van der Waals surface area contributed by atoms with Crippen LogP contribution in [0.2, 0.25) is 0 Å². The summed E-state index contributed by atoms with van der Waals surface area (Å²) in [5.41, 5.74) is 4.35. The molecule has 0 spiro atoms. The van der Waals surface area contributed by atoms with E-state index < -0.39 is 5.91 Å². The first-order valence-corrected chi connectivity index (χ1v) is 12.5. The molecule has 190 valence electrons. The van der Waals surface area contributed by atoms with Crippen molar-refractivity contribution in [2.45, 2.75) is 27.3 Å². The van der Waals surface area contributed by atoms with Crippen molar-refractivity contribution in [3.63, 3.8) is 0 Å². The second-order valence-corrected chi connectivity index (χ2v) is 9.09. The number of nitriles is 1. The number of ether oxygens (including phenoxy) is 2. The van der Waals surface area contributed by atoms with Gasteiger partial charge in [-0.1, -0.05) is 36.4 Å². The average Bonchev–Trinajstić information content (AvgIpc) is 2.88. The molecule has 0 heterocycles. The number of nitrogens with zero attached hydrogens (tertiary/aromatic N) is 1. The first-order valence-electron chi connectivity index (χ1n) is 11.7. The molecule has 0 saturated carbocycles. The van der Waals surface area contributed by atoms with Gasteiger partial charge >= 0.3 is 0 Å².